The van der Waals surface area contributed by atoms with E-state index in [1.807, 2.05) is 24.6 Å². The van der Waals surface area contributed by atoms with Crippen LogP contribution in [-0.4, -0.2) is 54.6 Å². The van der Waals surface area contributed by atoms with Gasteiger partial charge < -0.3 is 9.88 Å². The molecule has 0 aliphatic carbocycles. The molecule has 0 aromatic carbocycles. The van der Waals surface area contributed by atoms with Gasteiger partial charge in [0.25, 0.3) is 0 Å². The second-order valence-electron chi connectivity index (χ2n) is 4.88. The highest BCUT2D eigenvalue weighted by Gasteiger charge is 2.15. The minimum Gasteiger partial charge on any atom is -0.355 e. The van der Waals surface area contributed by atoms with Crippen molar-refractivity contribution in [2.45, 2.75) is 26.3 Å². The van der Waals surface area contributed by atoms with Gasteiger partial charge in [-0.15, -0.1) is 0 Å². The van der Waals surface area contributed by atoms with Crippen molar-refractivity contribution in [1.29, 1.82) is 0 Å². The lowest BCUT2D eigenvalue weighted by Gasteiger charge is -2.15. The monoisotopic (exact) mass is 302 g/mol. The fraction of sp³-hybridized carbons (Fsp3) is 0.667. The summed E-state index contributed by atoms with van der Waals surface area (Å²) in [4.78, 5) is 15.9. The summed E-state index contributed by atoms with van der Waals surface area (Å²) in [6, 6.07) is -0.0112. The molecule has 0 saturated heterocycles. The number of rotatable bonds is 7. The zero-order valence-electron chi connectivity index (χ0n) is 12.3. The summed E-state index contributed by atoms with van der Waals surface area (Å²) in [5.41, 5.74) is 0. The predicted molar refractivity (Wildman–Crippen MR) is 76.8 cm³/mol. The number of sulfonamides is 1. The van der Waals surface area contributed by atoms with Crippen LogP contribution in [0.4, 0.5) is 0 Å². The van der Waals surface area contributed by atoms with Crippen molar-refractivity contribution >= 4 is 15.9 Å². The largest absolute Gasteiger partial charge is 0.355 e. The molecule has 114 valence electrons. The SMILES string of the molecule is Cc1nccn1[C@H](C)CC(=O)NCCS(=O)(=O)N(C)C. The third-order valence-corrected chi connectivity index (χ3v) is 4.89. The number of imidazole rings is 1. The van der Waals surface area contributed by atoms with Crippen LogP contribution in [0.5, 0.6) is 0 Å². The lowest BCUT2D eigenvalue weighted by Crippen LogP contribution is -2.34. The number of hydrogen-bond donors (Lipinski definition) is 1. The highest BCUT2D eigenvalue weighted by Crippen LogP contribution is 2.12. The van der Waals surface area contributed by atoms with E-state index in [2.05, 4.69) is 10.3 Å². The van der Waals surface area contributed by atoms with Crippen LogP contribution < -0.4 is 5.32 Å². The van der Waals surface area contributed by atoms with Gasteiger partial charge >= 0.3 is 0 Å². The van der Waals surface area contributed by atoms with Crippen molar-refractivity contribution in [2.75, 3.05) is 26.4 Å². The lowest BCUT2D eigenvalue weighted by atomic mass is 10.2. The Morgan fingerprint density at radius 3 is 2.65 bits per heavy atom. The van der Waals surface area contributed by atoms with E-state index >= 15 is 0 Å². The molecule has 1 amide bonds. The van der Waals surface area contributed by atoms with Crippen LogP contribution in [0.2, 0.25) is 0 Å². The Bertz CT molecular complexity index is 551. The van der Waals surface area contributed by atoms with Gasteiger partial charge in [-0.2, -0.15) is 0 Å². The van der Waals surface area contributed by atoms with Gasteiger partial charge in [-0.25, -0.2) is 17.7 Å². The molecular weight excluding hydrogens is 280 g/mol. The molecule has 0 fully saturated rings. The highest BCUT2D eigenvalue weighted by molar-refractivity contribution is 7.89. The Morgan fingerprint density at radius 2 is 2.15 bits per heavy atom. The summed E-state index contributed by atoms with van der Waals surface area (Å²) in [5, 5.41) is 2.63. The topological polar surface area (TPSA) is 84.3 Å². The summed E-state index contributed by atoms with van der Waals surface area (Å²) in [5.74, 6) is 0.588. The highest BCUT2D eigenvalue weighted by atomic mass is 32.2. The molecule has 1 atom stereocenters. The first-order valence-corrected chi connectivity index (χ1v) is 8.01. The van der Waals surface area contributed by atoms with Crippen molar-refractivity contribution in [3.05, 3.63) is 18.2 Å². The molecule has 1 aromatic heterocycles. The van der Waals surface area contributed by atoms with Crippen molar-refractivity contribution in [1.82, 2.24) is 19.2 Å². The second kappa shape index (κ2) is 6.85. The zero-order valence-corrected chi connectivity index (χ0v) is 13.1. The van der Waals surface area contributed by atoms with E-state index in [0.29, 0.717) is 6.42 Å². The first kappa shape index (κ1) is 16.6. The number of carbonyl (C=O) groups is 1. The van der Waals surface area contributed by atoms with Crippen molar-refractivity contribution in [3.63, 3.8) is 0 Å². The molecule has 0 saturated carbocycles. The summed E-state index contributed by atoms with van der Waals surface area (Å²) < 4.78 is 26.1. The normalized spacial score (nSPS) is 13.4. The number of aromatic nitrogens is 2. The summed E-state index contributed by atoms with van der Waals surface area (Å²) in [6.07, 6.45) is 3.80. The van der Waals surface area contributed by atoms with E-state index in [-0.39, 0.29) is 24.2 Å². The average Bonchev–Trinajstić information content (AvgIpc) is 2.74. The van der Waals surface area contributed by atoms with E-state index in [4.69, 9.17) is 0 Å². The van der Waals surface area contributed by atoms with E-state index in [1.165, 1.54) is 14.1 Å². The van der Waals surface area contributed by atoms with Crippen molar-refractivity contribution in [3.8, 4) is 0 Å². The van der Waals surface area contributed by atoms with Crippen LogP contribution in [-0.2, 0) is 14.8 Å². The molecule has 0 bridgehead atoms. The number of nitrogens with zero attached hydrogens (tertiary/aromatic N) is 3. The van der Waals surface area contributed by atoms with E-state index < -0.39 is 10.0 Å². The van der Waals surface area contributed by atoms with Crippen molar-refractivity contribution in [2.24, 2.45) is 0 Å². The standard InChI is InChI=1S/C12H22N4O3S/c1-10(16-7-5-13-11(16)2)9-12(17)14-6-8-20(18,19)15(3)4/h5,7,10H,6,8-9H2,1-4H3,(H,14,17)/t10-/m1/s1. The molecule has 7 nitrogen and oxygen atoms in total. The smallest absolute Gasteiger partial charge is 0.222 e. The van der Waals surface area contributed by atoms with Crippen molar-refractivity contribution < 1.29 is 13.2 Å². The molecule has 20 heavy (non-hydrogen) atoms. The fourth-order valence-electron chi connectivity index (χ4n) is 1.79. The number of aryl methyl sites for hydroxylation is 1. The molecule has 0 spiro atoms. The number of carbonyl (C=O) groups excluding carboxylic acids is 1. The summed E-state index contributed by atoms with van der Waals surface area (Å²) >= 11 is 0. The molecular formula is C12H22N4O3S. The van der Waals surface area contributed by atoms with Gasteiger partial charge in [0, 0.05) is 45.5 Å². The van der Waals surface area contributed by atoms with E-state index in [1.54, 1.807) is 6.20 Å². The van der Waals surface area contributed by atoms with Gasteiger partial charge in [-0.3, -0.25) is 4.79 Å². The number of nitrogens with one attached hydrogen (secondary N) is 1. The fourth-order valence-corrected chi connectivity index (χ4v) is 2.52. The minimum absolute atomic E-state index is 0.0112. The third kappa shape index (κ3) is 4.61. The van der Waals surface area contributed by atoms with Crippen LogP contribution in [0, 0.1) is 6.92 Å². The van der Waals surface area contributed by atoms with Gasteiger partial charge in [0.1, 0.15) is 5.82 Å². The molecule has 1 rings (SSSR count). The lowest BCUT2D eigenvalue weighted by molar-refractivity contribution is -0.121. The van der Waals surface area contributed by atoms with Gasteiger partial charge in [0.15, 0.2) is 0 Å². The van der Waals surface area contributed by atoms with Crippen LogP contribution in [0.3, 0.4) is 0 Å². The Labute approximate surface area is 120 Å². The number of hydrogen-bond acceptors (Lipinski definition) is 4. The van der Waals surface area contributed by atoms with Gasteiger partial charge in [-0.1, -0.05) is 0 Å². The molecule has 1 aromatic rings. The Morgan fingerprint density at radius 1 is 1.50 bits per heavy atom. The summed E-state index contributed by atoms with van der Waals surface area (Å²) in [6.45, 7) is 3.91. The maximum atomic E-state index is 11.8. The number of amides is 1. The van der Waals surface area contributed by atoms with Crippen LogP contribution in [0.15, 0.2) is 12.4 Å². The molecule has 0 radical (unpaired) electrons. The van der Waals surface area contributed by atoms with Crippen LogP contribution in [0.1, 0.15) is 25.2 Å². The van der Waals surface area contributed by atoms with E-state index in [0.717, 1.165) is 10.1 Å². The predicted octanol–water partition coefficient (Wildman–Crippen LogP) is 0.150. The second-order valence-corrected chi connectivity index (χ2v) is 7.19. The van der Waals surface area contributed by atoms with Gasteiger partial charge in [-0.05, 0) is 13.8 Å². The first-order valence-electron chi connectivity index (χ1n) is 6.40. The minimum atomic E-state index is -3.27. The molecule has 0 aliphatic rings. The van der Waals surface area contributed by atoms with E-state index in [9.17, 15) is 13.2 Å². The van der Waals surface area contributed by atoms with Crippen LogP contribution >= 0.6 is 0 Å². The molecule has 0 aliphatic heterocycles. The maximum absolute atomic E-state index is 11.8. The first-order chi connectivity index (χ1) is 9.24. The third-order valence-electron chi connectivity index (χ3n) is 3.06. The quantitative estimate of drug-likeness (QED) is 0.777. The molecule has 0 unspecified atom stereocenters. The Balaban J connectivity index is 2.40. The zero-order chi connectivity index (χ0) is 15.3. The van der Waals surface area contributed by atoms with Gasteiger partial charge in [0.05, 0.1) is 5.75 Å². The maximum Gasteiger partial charge on any atom is 0.222 e. The van der Waals surface area contributed by atoms with Gasteiger partial charge in [0.2, 0.25) is 15.9 Å². The molecule has 1 N–H and O–H groups in total. The Hall–Kier alpha value is -1.41. The Kier molecular flexibility index (Phi) is 5.70. The average molecular weight is 302 g/mol. The molecule has 1 heterocycles. The summed E-state index contributed by atoms with van der Waals surface area (Å²) in [7, 11) is -0.322. The van der Waals surface area contributed by atoms with Crippen LogP contribution in [0.25, 0.3) is 0 Å². The molecule has 8 heteroatoms.